The first-order chi connectivity index (χ1) is 9.11. The Morgan fingerprint density at radius 1 is 1.37 bits per heavy atom. The molecule has 0 atom stereocenters. The van der Waals surface area contributed by atoms with Crippen molar-refractivity contribution in [3.05, 3.63) is 24.3 Å². The monoisotopic (exact) mass is 329 g/mol. The summed E-state index contributed by atoms with van der Waals surface area (Å²) in [4.78, 5) is 13.6. The van der Waals surface area contributed by atoms with Crippen LogP contribution in [0.25, 0.3) is 0 Å². The number of carbonyl (C=O) groups is 1. The Hall–Kier alpha value is -1.27. The van der Waals surface area contributed by atoms with E-state index in [1.54, 1.807) is 43.3 Å². The number of halogens is 1. The molecule has 1 aromatic rings. The zero-order valence-electron chi connectivity index (χ0n) is 10.9. The summed E-state index contributed by atoms with van der Waals surface area (Å²) in [7, 11) is 3.31. The lowest BCUT2D eigenvalue weighted by molar-refractivity contribution is -0.106. The van der Waals surface area contributed by atoms with E-state index in [2.05, 4.69) is 15.9 Å². The molecule has 104 valence electrons. The second kappa shape index (κ2) is 5.79. The highest BCUT2D eigenvalue weighted by Gasteiger charge is 2.44. The maximum atomic E-state index is 12.1. The van der Waals surface area contributed by atoms with E-state index < -0.39 is 6.09 Å². The van der Waals surface area contributed by atoms with Gasteiger partial charge < -0.3 is 14.2 Å². The number of likely N-dealkylation sites (N-methyl/N-ethyl adjacent to an activating group) is 1. The second-order valence-electron chi connectivity index (χ2n) is 4.45. The zero-order chi connectivity index (χ0) is 13.9. The predicted octanol–water partition coefficient (Wildman–Crippen LogP) is 2.29. The maximum Gasteiger partial charge on any atom is 0.415 e. The van der Waals surface area contributed by atoms with Crippen LogP contribution < -0.4 is 9.47 Å². The van der Waals surface area contributed by atoms with E-state index in [4.69, 9.17) is 14.2 Å². The molecule has 2 rings (SSSR count). The molecule has 5 nitrogen and oxygen atoms in total. The number of ether oxygens (including phenoxy) is 3. The van der Waals surface area contributed by atoms with Crippen molar-refractivity contribution in [2.45, 2.75) is 5.54 Å². The third kappa shape index (κ3) is 2.84. The van der Waals surface area contributed by atoms with Gasteiger partial charge in [0.1, 0.15) is 17.0 Å². The van der Waals surface area contributed by atoms with Crippen LogP contribution in [0, 0.1) is 0 Å². The number of alkyl halides is 1. The quantitative estimate of drug-likeness (QED) is 0.795. The first kappa shape index (κ1) is 14.1. The smallest absolute Gasteiger partial charge is 0.415 e. The Bertz CT molecular complexity index is 439. The summed E-state index contributed by atoms with van der Waals surface area (Å²) in [5, 5.41) is 0.661. The van der Waals surface area contributed by atoms with Gasteiger partial charge in [-0.3, -0.25) is 4.90 Å². The molecule has 0 unspecified atom stereocenters. The van der Waals surface area contributed by atoms with Gasteiger partial charge in [-0.25, -0.2) is 4.79 Å². The molecule has 0 aliphatic carbocycles. The molecule has 1 aliphatic rings. The van der Waals surface area contributed by atoms with E-state index in [1.165, 1.54) is 0 Å². The van der Waals surface area contributed by atoms with Crippen LogP contribution in [0.15, 0.2) is 24.3 Å². The minimum absolute atomic E-state index is 0.302. The van der Waals surface area contributed by atoms with Crippen molar-refractivity contribution in [3.63, 3.8) is 0 Å². The molecule has 0 spiro atoms. The fourth-order valence-corrected chi connectivity index (χ4v) is 2.40. The summed E-state index contributed by atoms with van der Waals surface area (Å²) in [6.45, 7) is 1.04. The summed E-state index contributed by atoms with van der Waals surface area (Å²) in [6, 6.07) is 6.88. The van der Waals surface area contributed by atoms with Crippen LogP contribution in [-0.2, 0) is 4.74 Å². The van der Waals surface area contributed by atoms with E-state index in [0.29, 0.717) is 24.3 Å². The molecule has 1 aromatic carbocycles. The van der Waals surface area contributed by atoms with Gasteiger partial charge in [0.15, 0.2) is 0 Å². The van der Waals surface area contributed by atoms with Crippen LogP contribution in [0.1, 0.15) is 0 Å². The van der Waals surface area contributed by atoms with Gasteiger partial charge in [0.05, 0.1) is 20.3 Å². The van der Waals surface area contributed by atoms with E-state index in [-0.39, 0.29) is 5.54 Å². The predicted molar refractivity (Wildman–Crippen MR) is 74.1 cm³/mol. The summed E-state index contributed by atoms with van der Waals surface area (Å²) in [6.07, 6.45) is -0.395. The van der Waals surface area contributed by atoms with Crippen molar-refractivity contribution in [1.29, 1.82) is 0 Å². The van der Waals surface area contributed by atoms with Crippen LogP contribution in [0.3, 0.4) is 0 Å². The first-order valence-corrected chi connectivity index (χ1v) is 6.97. The van der Waals surface area contributed by atoms with Gasteiger partial charge in [-0.1, -0.05) is 15.9 Å². The van der Waals surface area contributed by atoms with E-state index >= 15 is 0 Å². The van der Waals surface area contributed by atoms with Crippen molar-refractivity contribution in [3.8, 4) is 11.5 Å². The zero-order valence-corrected chi connectivity index (χ0v) is 12.5. The van der Waals surface area contributed by atoms with Crippen molar-refractivity contribution in [2.24, 2.45) is 0 Å². The number of nitrogens with zero attached hydrogens (tertiary/aromatic N) is 1. The van der Waals surface area contributed by atoms with Crippen molar-refractivity contribution in [2.75, 3.05) is 32.7 Å². The van der Waals surface area contributed by atoms with Gasteiger partial charge >= 0.3 is 6.09 Å². The molecule has 1 amide bonds. The average molecular weight is 330 g/mol. The normalized spacial score (nSPS) is 16.4. The maximum absolute atomic E-state index is 12.1. The molecule has 1 aliphatic heterocycles. The lowest BCUT2D eigenvalue weighted by atomic mass is 9.99. The molecular weight excluding hydrogens is 314 g/mol. The number of hydrogen-bond acceptors (Lipinski definition) is 4. The Morgan fingerprint density at radius 3 is 2.37 bits per heavy atom. The summed E-state index contributed by atoms with van der Waals surface area (Å²) >= 11 is 3.41. The number of methoxy groups -OCH3 is 1. The molecule has 0 saturated carbocycles. The number of amides is 1. The fraction of sp³-hybridized carbons (Fsp3) is 0.462. The lowest BCUT2D eigenvalue weighted by Gasteiger charge is -2.46. The molecular formula is C13H16BrNO4. The topological polar surface area (TPSA) is 48.0 Å². The summed E-state index contributed by atoms with van der Waals surface area (Å²) in [5.41, 5.74) is -0.302. The molecule has 1 saturated heterocycles. The molecule has 0 bridgehead atoms. The van der Waals surface area contributed by atoms with E-state index in [1.807, 2.05) is 0 Å². The highest BCUT2D eigenvalue weighted by Crippen LogP contribution is 2.27. The van der Waals surface area contributed by atoms with Gasteiger partial charge in [0.25, 0.3) is 0 Å². The number of rotatable bonds is 4. The number of benzene rings is 1. The van der Waals surface area contributed by atoms with Crippen molar-refractivity contribution < 1.29 is 19.0 Å². The Morgan fingerprint density at radius 2 is 1.95 bits per heavy atom. The molecule has 0 radical (unpaired) electrons. The largest absolute Gasteiger partial charge is 0.497 e. The molecule has 0 N–H and O–H groups in total. The lowest BCUT2D eigenvalue weighted by Crippen LogP contribution is -2.64. The van der Waals surface area contributed by atoms with Crippen LogP contribution in [0.5, 0.6) is 11.5 Å². The Labute approximate surface area is 120 Å². The highest BCUT2D eigenvalue weighted by atomic mass is 79.9. The molecule has 1 fully saturated rings. The third-order valence-corrected chi connectivity index (χ3v) is 4.28. The van der Waals surface area contributed by atoms with E-state index in [9.17, 15) is 4.79 Å². The van der Waals surface area contributed by atoms with Crippen molar-refractivity contribution in [1.82, 2.24) is 4.90 Å². The fourth-order valence-electron chi connectivity index (χ4n) is 1.70. The third-order valence-electron chi connectivity index (χ3n) is 3.24. The van der Waals surface area contributed by atoms with Crippen LogP contribution in [-0.4, -0.2) is 49.2 Å². The van der Waals surface area contributed by atoms with Gasteiger partial charge in [-0.05, 0) is 24.3 Å². The molecule has 6 heteroatoms. The SMILES string of the molecule is COc1ccc(OC(=O)N(C)C2(CBr)COC2)cc1. The Balaban J connectivity index is 1.99. The molecule has 1 heterocycles. The van der Waals surface area contributed by atoms with Gasteiger partial charge in [0, 0.05) is 12.4 Å². The molecule has 0 aromatic heterocycles. The minimum atomic E-state index is -0.395. The Kier molecular flexibility index (Phi) is 4.31. The van der Waals surface area contributed by atoms with Gasteiger partial charge in [-0.2, -0.15) is 0 Å². The minimum Gasteiger partial charge on any atom is -0.497 e. The molecule has 19 heavy (non-hydrogen) atoms. The van der Waals surface area contributed by atoms with Gasteiger partial charge in [0.2, 0.25) is 0 Å². The average Bonchev–Trinajstić information content (AvgIpc) is 2.39. The number of carbonyl (C=O) groups excluding carboxylic acids is 1. The van der Waals surface area contributed by atoms with Gasteiger partial charge in [-0.15, -0.1) is 0 Å². The van der Waals surface area contributed by atoms with Crippen LogP contribution in [0.4, 0.5) is 4.79 Å². The summed E-state index contributed by atoms with van der Waals surface area (Å²) < 4.78 is 15.5. The second-order valence-corrected chi connectivity index (χ2v) is 5.01. The summed E-state index contributed by atoms with van der Waals surface area (Å²) in [5.74, 6) is 1.21. The first-order valence-electron chi connectivity index (χ1n) is 5.85. The van der Waals surface area contributed by atoms with Crippen LogP contribution in [0.2, 0.25) is 0 Å². The number of hydrogen-bond donors (Lipinski definition) is 0. The van der Waals surface area contributed by atoms with Crippen molar-refractivity contribution >= 4 is 22.0 Å². The van der Waals surface area contributed by atoms with Crippen LogP contribution >= 0.6 is 15.9 Å². The standard InChI is InChI=1S/C13H16BrNO4/c1-15(13(7-14)8-18-9-13)12(16)19-11-5-3-10(17-2)4-6-11/h3-6H,7-9H2,1-2H3. The highest BCUT2D eigenvalue weighted by molar-refractivity contribution is 9.09. The van der Waals surface area contributed by atoms with E-state index in [0.717, 1.165) is 5.75 Å².